The van der Waals surface area contributed by atoms with Crippen LogP contribution in [0.3, 0.4) is 0 Å². The van der Waals surface area contributed by atoms with Crippen LogP contribution < -0.4 is 17.0 Å². The Kier molecular flexibility index (Phi) is 6.41. The Morgan fingerprint density at radius 1 is 1.03 bits per heavy atom. The standard InChI is InChI=1S/C19H17NO2.C7H7N5O/c1-3-15-12-14-8-7-11-17(13(2)21)18(14)19(22)20(15)16-9-5-4-6-10-16;8-5-4(6(9)13)7-10-2-1-3-12(7)11-5/h4-12H,3H2,1-2H3;1-3H,(H2,8,11)(H2,9,13). The van der Waals surface area contributed by atoms with Crippen LogP contribution in [0.25, 0.3) is 22.1 Å². The van der Waals surface area contributed by atoms with Crippen molar-refractivity contribution < 1.29 is 9.59 Å². The molecule has 0 aliphatic carbocycles. The van der Waals surface area contributed by atoms with E-state index in [1.807, 2.05) is 55.5 Å². The Balaban J connectivity index is 0.000000189. The predicted octanol–water partition coefficient (Wildman–Crippen LogP) is 3.17. The van der Waals surface area contributed by atoms with Gasteiger partial charge in [0.2, 0.25) is 0 Å². The summed E-state index contributed by atoms with van der Waals surface area (Å²) in [6, 6.07) is 18.6. The molecule has 3 aromatic heterocycles. The molecule has 1 amide bonds. The van der Waals surface area contributed by atoms with Crippen molar-refractivity contribution in [1.29, 1.82) is 0 Å². The number of ketones is 1. The van der Waals surface area contributed by atoms with Gasteiger partial charge < -0.3 is 11.5 Å². The van der Waals surface area contributed by atoms with Gasteiger partial charge in [-0.15, -0.1) is 5.10 Å². The Morgan fingerprint density at radius 2 is 1.77 bits per heavy atom. The fourth-order valence-electron chi connectivity index (χ4n) is 3.97. The number of amides is 1. The van der Waals surface area contributed by atoms with Crippen molar-refractivity contribution in [1.82, 2.24) is 19.2 Å². The number of nitrogen functional groups attached to an aromatic ring is 1. The third-order valence-electron chi connectivity index (χ3n) is 5.55. The highest BCUT2D eigenvalue weighted by molar-refractivity contribution is 6.07. The average molecular weight is 469 g/mol. The number of primary amides is 1. The maximum absolute atomic E-state index is 13.0. The Morgan fingerprint density at radius 3 is 2.43 bits per heavy atom. The van der Waals surface area contributed by atoms with E-state index in [1.165, 1.54) is 11.4 Å². The Bertz CT molecular complexity index is 1620. The first-order valence-electron chi connectivity index (χ1n) is 11.0. The van der Waals surface area contributed by atoms with Crippen LogP contribution in [0.2, 0.25) is 0 Å². The molecule has 0 aliphatic heterocycles. The normalized spacial score (nSPS) is 10.7. The number of aromatic nitrogens is 4. The van der Waals surface area contributed by atoms with Crippen LogP contribution in [-0.4, -0.2) is 30.9 Å². The minimum absolute atomic E-state index is 0.0911. The van der Waals surface area contributed by atoms with E-state index in [4.69, 9.17) is 11.5 Å². The Labute approximate surface area is 200 Å². The zero-order chi connectivity index (χ0) is 25.1. The SMILES string of the molecule is CCc1cc2cccc(C(C)=O)c2c(=O)n1-c1ccccc1.NC(=O)c1c(N)nn2cccnc12. The molecular weight excluding hydrogens is 444 g/mol. The Hall–Kier alpha value is -4.79. The van der Waals surface area contributed by atoms with Crippen LogP contribution >= 0.6 is 0 Å². The second kappa shape index (κ2) is 9.60. The molecule has 0 fully saturated rings. The van der Waals surface area contributed by atoms with E-state index in [9.17, 15) is 14.4 Å². The molecule has 0 atom stereocenters. The van der Waals surface area contributed by atoms with Gasteiger partial charge in [0.1, 0.15) is 5.56 Å². The minimum atomic E-state index is -0.619. The van der Waals surface area contributed by atoms with Crippen molar-refractivity contribution in [3.05, 3.63) is 100 Å². The summed E-state index contributed by atoms with van der Waals surface area (Å²) in [4.78, 5) is 39.8. The van der Waals surface area contributed by atoms with E-state index in [0.29, 0.717) is 16.6 Å². The van der Waals surface area contributed by atoms with Crippen LogP contribution in [0.5, 0.6) is 0 Å². The number of nitrogens with two attached hydrogens (primary N) is 2. The van der Waals surface area contributed by atoms with Crippen molar-refractivity contribution in [2.75, 3.05) is 5.73 Å². The van der Waals surface area contributed by atoms with Crippen molar-refractivity contribution in [3.63, 3.8) is 0 Å². The summed E-state index contributed by atoms with van der Waals surface area (Å²) in [6.07, 6.45) is 3.93. The molecule has 0 unspecified atom stereocenters. The molecule has 0 saturated heterocycles. The van der Waals surface area contributed by atoms with Crippen LogP contribution in [0.15, 0.2) is 77.9 Å². The molecule has 9 nitrogen and oxygen atoms in total. The maximum atomic E-state index is 13.0. The number of hydrogen-bond acceptors (Lipinski definition) is 6. The van der Waals surface area contributed by atoms with Crippen molar-refractivity contribution in [2.24, 2.45) is 5.73 Å². The summed E-state index contributed by atoms with van der Waals surface area (Å²) < 4.78 is 3.12. The second-order valence-electron chi connectivity index (χ2n) is 7.80. The van der Waals surface area contributed by atoms with Gasteiger partial charge in [0, 0.05) is 29.3 Å². The lowest BCUT2D eigenvalue weighted by atomic mass is 10.0. The number of nitrogens with zero attached hydrogens (tertiary/aromatic N) is 4. The molecule has 5 rings (SSSR count). The molecule has 35 heavy (non-hydrogen) atoms. The monoisotopic (exact) mass is 468 g/mol. The van der Waals surface area contributed by atoms with Crippen molar-refractivity contribution >= 4 is 33.9 Å². The van der Waals surface area contributed by atoms with E-state index >= 15 is 0 Å². The molecule has 3 heterocycles. The number of aryl methyl sites for hydroxylation is 1. The van der Waals surface area contributed by atoms with Gasteiger partial charge in [-0.2, -0.15) is 0 Å². The maximum Gasteiger partial charge on any atom is 0.263 e. The molecule has 0 saturated carbocycles. The highest BCUT2D eigenvalue weighted by atomic mass is 16.1. The smallest absolute Gasteiger partial charge is 0.263 e. The average Bonchev–Trinajstić information content (AvgIpc) is 3.20. The summed E-state index contributed by atoms with van der Waals surface area (Å²) in [6.45, 7) is 3.52. The molecule has 5 aromatic rings. The number of carbonyl (C=O) groups excluding carboxylic acids is 2. The summed E-state index contributed by atoms with van der Waals surface area (Å²) >= 11 is 0. The molecule has 0 aliphatic rings. The van der Waals surface area contributed by atoms with E-state index in [0.717, 1.165) is 23.2 Å². The second-order valence-corrected chi connectivity index (χ2v) is 7.80. The summed E-state index contributed by atoms with van der Waals surface area (Å²) in [5, 5.41) is 5.18. The number of carbonyl (C=O) groups is 2. The number of anilines is 1. The van der Waals surface area contributed by atoms with E-state index in [-0.39, 0.29) is 22.7 Å². The van der Waals surface area contributed by atoms with Crippen molar-refractivity contribution in [2.45, 2.75) is 20.3 Å². The van der Waals surface area contributed by atoms with Gasteiger partial charge in [-0.05, 0) is 43.0 Å². The van der Waals surface area contributed by atoms with Gasteiger partial charge in [0.15, 0.2) is 17.2 Å². The first-order valence-corrected chi connectivity index (χ1v) is 11.0. The van der Waals surface area contributed by atoms with Crippen LogP contribution in [-0.2, 0) is 6.42 Å². The van der Waals surface area contributed by atoms with Gasteiger partial charge in [-0.1, -0.05) is 43.3 Å². The van der Waals surface area contributed by atoms with Gasteiger partial charge in [-0.25, -0.2) is 9.50 Å². The number of hydrogen-bond donors (Lipinski definition) is 2. The number of para-hydroxylation sites is 1. The molecule has 0 bridgehead atoms. The highest BCUT2D eigenvalue weighted by Gasteiger charge is 2.16. The van der Waals surface area contributed by atoms with Gasteiger partial charge in [-0.3, -0.25) is 19.0 Å². The molecule has 2 aromatic carbocycles. The number of pyridine rings is 1. The number of benzene rings is 2. The molecule has 0 radical (unpaired) electrons. The third kappa shape index (κ3) is 4.39. The van der Waals surface area contributed by atoms with Crippen molar-refractivity contribution in [3.8, 4) is 5.69 Å². The van der Waals surface area contributed by atoms with Crippen LogP contribution in [0.4, 0.5) is 5.82 Å². The fraction of sp³-hybridized carbons (Fsp3) is 0.115. The minimum Gasteiger partial charge on any atom is -0.381 e. The van der Waals surface area contributed by atoms with E-state index in [2.05, 4.69) is 10.1 Å². The first kappa shape index (κ1) is 23.4. The van der Waals surface area contributed by atoms with E-state index in [1.54, 1.807) is 29.1 Å². The van der Waals surface area contributed by atoms with E-state index < -0.39 is 5.91 Å². The molecule has 4 N–H and O–H groups in total. The summed E-state index contributed by atoms with van der Waals surface area (Å²) in [5.74, 6) is -0.607. The molecule has 0 spiro atoms. The quantitative estimate of drug-likeness (QED) is 0.389. The molecule has 9 heteroatoms. The summed E-state index contributed by atoms with van der Waals surface area (Å²) in [5.41, 5.74) is 13.3. The number of rotatable bonds is 4. The zero-order valence-electron chi connectivity index (χ0n) is 19.3. The lowest BCUT2D eigenvalue weighted by Crippen LogP contribution is -2.23. The van der Waals surface area contributed by atoms with Gasteiger partial charge in [0.25, 0.3) is 11.5 Å². The topological polar surface area (TPSA) is 138 Å². The predicted molar refractivity (Wildman–Crippen MR) is 135 cm³/mol. The van der Waals surface area contributed by atoms with Gasteiger partial charge in [0.05, 0.1) is 5.39 Å². The van der Waals surface area contributed by atoms with Crippen LogP contribution in [0, 0.1) is 0 Å². The first-order chi connectivity index (χ1) is 16.8. The zero-order valence-corrected chi connectivity index (χ0v) is 19.3. The molecule has 176 valence electrons. The lowest BCUT2D eigenvalue weighted by Gasteiger charge is -2.14. The van der Waals surface area contributed by atoms with Gasteiger partial charge >= 0.3 is 0 Å². The van der Waals surface area contributed by atoms with Crippen LogP contribution in [0.1, 0.15) is 40.3 Å². The molecular formula is C26H24N6O3. The highest BCUT2D eigenvalue weighted by Crippen LogP contribution is 2.20. The fourth-order valence-corrected chi connectivity index (χ4v) is 3.97. The largest absolute Gasteiger partial charge is 0.381 e. The third-order valence-corrected chi connectivity index (χ3v) is 5.55. The summed E-state index contributed by atoms with van der Waals surface area (Å²) in [7, 11) is 0. The number of Topliss-reactive ketones (excluding diaryl/α,β-unsaturated/α-hetero) is 1. The lowest BCUT2D eigenvalue weighted by molar-refractivity contribution is 0.0998. The number of fused-ring (bicyclic) bond motifs is 2.